The Labute approximate surface area is 69.6 Å². The molecule has 0 fully saturated rings. The topological polar surface area (TPSA) is 12.0 Å². The maximum absolute atomic E-state index is 3.40. The minimum absolute atomic E-state index is 0.0364. The molecule has 0 aliphatic rings. The molecule has 0 saturated carbocycles. The van der Waals surface area contributed by atoms with Gasteiger partial charge >= 0.3 is 0 Å². The molecule has 0 unspecified atom stereocenters. The van der Waals surface area contributed by atoms with Gasteiger partial charge in [0.15, 0.2) is 0 Å². The van der Waals surface area contributed by atoms with Gasteiger partial charge in [-0.15, -0.1) is 0 Å². The molecule has 0 aliphatic heterocycles. The van der Waals surface area contributed by atoms with Crippen LogP contribution in [0.4, 0.5) is 5.69 Å². The molecule has 0 spiro atoms. The van der Waals surface area contributed by atoms with E-state index in [2.05, 4.69) is 49.6 Å². The highest BCUT2D eigenvalue weighted by Gasteiger charge is 1.92. The Balaban J connectivity index is 2.66. The summed E-state index contributed by atoms with van der Waals surface area (Å²) in [7, 11) is -0.0364. The third kappa shape index (κ3) is 2.90. The molecular weight excluding hydrogens is 153 g/mol. The van der Waals surface area contributed by atoms with E-state index in [9.17, 15) is 0 Å². The Morgan fingerprint density at radius 1 is 1.09 bits per heavy atom. The van der Waals surface area contributed by atoms with E-state index < -0.39 is 0 Å². The van der Waals surface area contributed by atoms with Gasteiger partial charge in [-0.05, 0) is 40.5 Å². The highest BCUT2D eigenvalue weighted by atomic mass is 31.1. The van der Waals surface area contributed by atoms with Gasteiger partial charge in [-0.3, -0.25) is 0 Å². The largest absolute Gasteiger partial charge is 0.365 e. The van der Waals surface area contributed by atoms with E-state index in [0.29, 0.717) is 0 Å². The Bertz CT molecular complexity index is 216. The SMILES string of the molecule is Cc1ccc(NP(C)C)cc1. The van der Waals surface area contributed by atoms with Crippen LogP contribution in [0.15, 0.2) is 24.3 Å². The van der Waals surface area contributed by atoms with Crippen molar-refractivity contribution in [2.24, 2.45) is 0 Å². The number of benzene rings is 1. The average molecular weight is 167 g/mol. The second kappa shape index (κ2) is 3.73. The number of aryl methyl sites for hydroxylation is 1. The molecule has 1 aromatic rings. The van der Waals surface area contributed by atoms with Crippen molar-refractivity contribution in [3.63, 3.8) is 0 Å². The van der Waals surface area contributed by atoms with E-state index in [4.69, 9.17) is 0 Å². The Kier molecular flexibility index (Phi) is 2.90. The molecule has 11 heavy (non-hydrogen) atoms. The first kappa shape index (κ1) is 8.55. The smallest absolute Gasteiger partial charge is 0.0372 e. The van der Waals surface area contributed by atoms with Crippen LogP contribution in [0.2, 0.25) is 0 Å². The van der Waals surface area contributed by atoms with Crippen LogP contribution in [0.1, 0.15) is 5.56 Å². The second-order valence-corrected chi connectivity index (χ2v) is 4.88. The molecule has 0 atom stereocenters. The van der Waals surface area contributed by atoms with E-state index in [1.807, 2.05) is 0 Å². The number of rotatable bonds is 2. The van der Waals surface area contributed by atoms with Gasteiger partial charge in [-0.25, -0.2) is 0 Å². The van der Waals surface area contributed by atoms with Gasteiger partial charge in [0.05, 0.1) is 0 Å². The summed E-state index contributed by atoms with van der Waals surface area (Å²) >= 11 is 0. The molecule has 0 amide bonds. The van der Waals surface area contributed by atoms with Crippen molar-refractivity contribution in [1.29, 1.82) is 0 Å². The summed E-state index contributed by atoms with van der Waals surface area (Å²) in [5, 5.41) is 3.40. The van der Waals surface area contributed by atoms with Crippen molar-refractivity contribution in [1.82, 2.24) is 0 Å². The fourth-order valence-electron chi connectivity index (χ4n) is 0.886. The number of hydrogen-bond donors (Lipinski definition) is 1. The molecule has 0 aromatic heterocycles. The van der Waals surface area contributed by atoms with Crippen LogP contribution < -0.4 is 5.09 Å². The van der Waals surface area contributed by atoms with Gasteiger partial charge in [0, 0.05) is 5.69 Å². The fourth-order valence-corrected chi connectivity index (χ4v) is 1.55. The van der Waals surface area contributed by atoms with Crippen LogP contribution in [0.25, 0.3) is 0 Å². The van der Waals surface area contributed by atoms with Crippen LogP contribution >= 0.6 is 8.07 Å². The maximum Gasteiger partial charge on any atom is 0.0372 e. The first-order valence-corrected chi connectivity index (χ1v) is 5.93. The number of anilines is 1. The molecule has 2 heteroatoms. The van der Waals surface area contributed by atoms with Crippen molar-refractivity contribution < 1.29 is 0 Å². The fraction of sp³-hybridized carbons (Fsp3) is 0.333. The van der Waals surface area contributed by atoms with E-state index in [1.165, 1.54) is 11.3 Å². The molecule has 0 radical (unpaired) electrons. The van der Waals surface area contributed by atoms with E-state index >= 15 is 0 Å². The van der Waals surface area contributed by atoms with Crippen molar-refractivity contribution >= 4 is 13.8 Å². The minimum atomic E-state index is -0.0364. The summed E-state index contributed by atoms with van der Waals surface area (Å²) in [5.41, 5.74) is 2.54. The van der Waals surface area contributed by atoms with E-state index in [0.717, 1.165) is 0 Å². The number of nitrogens with one attached hydrogen (secondary N) is 1. The normalized spacial score (nSPS) is 10.2. The lowest BCUT2D eigenvalue weighted by atomic mass is 10.2. The molecule has 1 rings (SSSR count). The van der Waals surface area contributed by atoms with Crippen LogP contribution in [0, 0.1) is 6.92 Å². The third-order valence-electron chi connectivity index (χ3n) is 1.40. The minimum Gasteiger partial charge on any atom is -0.365 e. The molecule has 0 saturated heterocycles. The lowest BCUT2D eigenvalue weighted by molar-refractivity contribution is 1.47. The summed E-state index contributed by atoms with van der Waals surface area (Å²) in [4.78, 5) is 0. The van der Waals surface area contributed by atoms with Gasteiger partial charge in [0.25, 0.3) is 0 Å². The molecule has 1 aromatic carbocycles. The monoisotopic (exact) mass is 167 g/mol. The van der Waals surface area contributed by atoms with Crippen LogP contribution in [-0.2, 0) is 0 Å². The van der Waals surface area contributed by atoms with Gasteiger partial charge in [0.2, 0.25) is 0 Å². The van der Waals surface area contributed by atoms with Gasteiger partial charge < -0.3 is 5.09 Å². The molecule has 1 N–H and O–H groups in total. The Morgan fingerprint density at radius 2 is 1.64 bits per heavy atom. The summed E-state index contributed by atoms with van der Waals surface area (Å²) in [6, 6.07) is 8.50. The highest BCUT2D eigenvalue weighted by Crippen LogP contribution is 2.26. The van der Waals surface area contributed by atoms with Crippen molar-refractivity contribution in [3.8, 4) is 0 Å². The lowest BCUT2D eigenvalue weighted by Crippen LogP contribution is -1.87. The first-order valence-electron chi connectivity index (χ1n) is 3.69. The van der Waals surface area contributed by atoms with Crippen LogP contribution in [-0.4, -0.2) is 13.3 Å². The third-order valence-corrected chi connectivity index (χ3v) is 2.11. The highest BCUT2D eigenvalue weighted by molar-refractivity contribution is 7.57. The average Bonchev–Trinajstić information content (AvgIpc) is 1.93. The summed E-state index contributed by atoms with van der Waals surface area (Å²) in [6.07, 6.45) is 0. The summed E-state index contributed by atoms with van der Waals surface area (Å²) < 4.78 is 0. The molecule has 1 nitrogen and oxygen atoms in total. The second-order valence-electron chi connectivity index (χ2n) is 2.87. The summed E-state index contributed by atoms with van der Waals surface area (Å²) in [6.45, 7) is 6.51. The predicted molar refractivity (Wildman–Crippen MR) is 53.6 cm³/mol. The van der Waals surface area contributed by atoms with Gasteiger partial charge in [-0.1, -0.05) is 17.7 Å². The summed E-state index contributed by atoms with van der Waals surface area (Å²) in [5.74, 6) is 0. The zero-order valence-corrected chi connectivity index (χ0v) is 8.15. The molecule has 0 heterocycles. The Hall–Kier alpha value is -0.550. The molecule has 0 aliphatic carbocycles. The van der Waals surface area contributed by atoms with E-state index in [1.54, 1.807) is 0 Å². The molecular formula is C9H14NP. The van der Waals surface area contributed by atoms with Crippen molar-refractivity contribution in [3.05, 3.63) is 29.8 Å². The first-order chi connectivity index (χ1) is 5.18. The van der Waals surface area contributed by atoms with Gasteiger partial charge in [-0.2, -0.15) is 0 Å². The van der Waals surface area contributed by atoms with Crippen molar-refractivity contribution in [2.45, 2.75) is 6.92 Å². The molecule has 60 valence electrons. The van der Waals surface area contributed by atoms with Crippen LogP contribution in [0.3, 0.4) is 0 Å². The quantitative estimate of drug-likeness (QED) is 0.667. The zero-order valence-electron chi connectivity index (χ0n) is 7.26. The number of hydrogen-bond acceptors (Lipinski definition) is 1. The standard InChI is InChI=1S/C9H14NP/c1-8-4-6-9(7-5-8)10-11(2)3/h4-7,10H,1-3H3. The maximum atomic E-state index is 3.40. The van der Waals surface area contributed by atoms with E-state index in [-0.39, 0.29) is 8.07 Å². The Morgan fingerprint density at radius 3 is 2.09 bits per heavy atom. The molecule has 0 bridgehead atoms. The van der Waals surface area contributed by atoms with Crippen LogP contribution in [0.5, 0.6) is 0 Å². The predicted octanol–water partition coefficient (Wildman–Crippen LogP) is 3.06. The van der Waals surface area contributed by atoms with Crippen molar-refractivity contribution in [2.75, 3.05) is 18.4 Å². The lowest BCUT2D eigenvalue weighted by Gasteiger charge is -2.09. The zero-order chi connectivity index (χ0) is 8.27. The van der Waals surface area contributed by atoms with Gasteiger partial charge in [0.1, 0.15) is 0 Å².